The number of hydrogen-bond acceptors (Lipinski definition) is 4. The summed E-state index contributed by atoms with van der Waals surface area (Å²) in [7, 11) is 1.67. The third-order valence-corrected chi connectivity index (χ3v) is 2.50. The van der Waals surface area contributed by atoms with Crippen LogP contribution < -0.4 is 5.32 Å². The van der Waals surface area contributed by atoms with Crippen LogP contribution in [0.5, 0.6) is 0 Å². The monoisotopic (exact) mass is 244 g/mol. The van der Waals surface area contributed by atoms with Crippen molar-refractivity contribution in [3.63, 3.8) is 0 Å². The number of rotatable bonds is 4. The zero-order chi connectivity index (χ0) is 13.0. The Morgan fingerprint density at radius 3 is 3.17 bits per heavy atom. The summed E-state index contributed by atoms with van der Waals surface area (Å²) in [5, 5.41) is 15.4. The molecule has 92 valence electrons. The number of nitrogens with zero attached hydrogens (tertiary/aromatic N) is 3. The van der Waals surface area contributed by atoms with Crippen molar-refractivity contribution >= 4 is 11.7 Å². The number of aryl methyl sites for hydroxylation is 2. The second-order valence-electron chi connectivity index (χ2n) is 3.77. The topological polar surface area (TPSA) is 83.9 Å². The van der Waals surface area contributed by atoms with Crippen LogP contribution in [0.4, 0.5) is 5.82 Å². The molecule has 0 unspecified atom stereocenters. The highest BCUT2D eigenvalue weighted by Crippen LogP contribution is 2.13. The van der Waals surface area contributed by atoms with Crippen molar-refractivity contribution in [2.45, 2.75) is 12.8 Å². The van der Waals surface area contributed by atoms with Crippen LogP contribution in [0.15, 0.2) is 29.0 Å². The van der Waals surface area contributed by atoms with E-state index in [9.17, 15) is 4.79 Å². The Morgan fingerprint density at radius 2 is 2.50 bits per heavy atom. The quantitative estimate of drug-likeness (QED) is 0.882. The fraction of sp³-hybridized carbons (Fsp3) is 0.250. The number of carbonyl (C=O) groups is 1. The van der Waals surface area contributed by atoms with Gasteiger partial charge < -0.3 is 9.73 Å². The normalized spacial score (nSPS) is 10.0. The number of carbonyl (C=O) groups excluding carboxylic acids is 1. The van der Waals surface area contributed by atoms with Crippen molar-refractivity contribution in [2.75, 3.05) is 5.32 Å². The van der Waals surface area contributed by atoms with Gasteiger partial charge in [0.2, 0.25) is 5.91 Å². The molecule has 1 N–H and O–H groups in total. The number of furan rings is 1. The number of nitriles is 1. The molecule has 0 aliphatic heterocycles. The van der Waals surface area contributed by atoms with Gasteiger partial charge in [-0.25, -0.2) is 0 Å². The second kappa shape index (κ2) is 5.19. The smallest absolute Gasteiger partial charge is 0.226 e. The first-order chi connectivity index (χ1) is 8.70. The average Bonchev–Trinajstić information content (AvgIpc) is 2.98. The predicted molar refractivity (Wildman–Crippen MR) is 63.6 cm³/mol. The van der Waals surface area contributed by atoms with Gasteiger partial charge in [-0.05, 0) is 12.1 Å². The highest BCUT2D eigenvalue weighted by molar-refractivity contribution is 5.91. The molecular weight excluding hydrogens is 232 g/mol. The van der Waals surface area contributed by atoms with E-state index in [4.69, 9.17) is 9.68 Å². The van der Waals surface area contributed by atoms with E-state index < -0.39 is 0 Å². The first-order valence-electron chi connectivity index (χ1n) is 5.45. The fourth-order valence-corrected chi connectivity index (χ4v) is 1.55. The van der Waals surface area contributed by atoms with Gasteiger partial charge >= 0.3 is 0 Å². The maximum absolute atomic E-state index is 11.7. The van der Waals surface area contributed by atoms with Gasteiger partial charge in [-0.3, -0.25) is 9.48 Å². The van der Waals surface area contributed by atoms with E-state index in [1.165, 1.54) is 10.9 Å². The molecule has 0 radical (unpaired) electrons. The first kappa shape index (κ1) is 11.9. The van der Waals surface area contributed by atoms with Crippen molar-refractivity contribution in [3.8, 4) is 6.07 Å². The molecule has 0 fully saturated rings. The third kappa shape index (κ3) is 2.58. The minimum atomic E-state index is -0.175. The molecule has 0 aliphatic carbocycles. The molecule has 0 saturated heterocycles. The SMILES string of the molecule is Cn1ncc(C#N)c1NC(=O)CCc1ccco1. The molecular formula is C12H12N4O2. The van der Waals surface area contributed by atoms with E-state index in [1.807, 2.05) is 12.1 Å². The summed E-state index contributed by atoms with van der Waals surface area (Å²) in [5.41, 5.74) is 0.351. The van der Waals surface area contributed by atoms with Crippen molar-refractivity contribution < 1.29 is 9.21 Å². The maximum Gasteiger partial charge on any atom is 0.226 e. The highest BCUT2D eigenvalue weighted by Gasteiger charge is 2.11. The Kier molecular flexibility index (Phi) is 3.44. The summed E-state index contributed by atoms with van der Waals surface area (Å²) in [6, 6.07) is 5.57. The summed E-state index contributed by atoms with van der Waals surface area (Å²) >= 11 is 0. The number of amides is 1. The largest absolute Gasteiger partial charge is 0.469 e. The van der Waals surface area contributed by atoms with Crippen LogP contribution in [-0.2, 0) is 18.3 Å². The Morgan fingerprint density at radius 1 is 1.67 bits per heavy atom. The zero-order valence-corrected chi connectivity index (χ0v) is 9.88. The lowest BCUT2D eigenvalue weighted by Gasteiger charge is -2.05. The molecule has 0 aliphatic rings. The van der Waals surface area contributed by atoms with Gasteiger partial charge in [-0.15, -0.1) is 0 Å². The van der Waals surface area contributed by atoms with Crippen molar-refractivity contribution in [1.82, 2.24) is 9.78 Å². The van der Waals surface area contributed by atoms with Crippen LogP contribution in [0.25, 0.3) is 0 Å². The molecule has 0 bridgehead atoms. The minimum absolute atomic E-state index is 0.175. The van der Waals surface area contributed by atoms with Crippen LogP contribution in [-0.4, -0.2) is 15.7 Å². The third-order valence-electron chi connectivity index (χ3n) is 2.50. The van der Waals surface area contributed by atoms with Crippen LogP contribution in [0.2, 0.25) is 0 Å². The molecule has 18 heavy (non-hydrogen) atoms. The van der Waals surface area contributed by atoms with Crippen LogP contribution in [0.1, 0.15) is 17.7 Å². The number of hydrogen-bond donors (Lipinski definition) is 1. The van der Waals surface area contributed by atoms with Crippen molar-refractivity contribution in [3.05, 3.63) is 35.9 Å². The molecule has 0 atom stereocenters. The molecule has 6 nitrogen and oxygen atoms in total. The predicted octanol–water partition coefficient (Wildman–Crippen LogP) is 1.46. The molecule has 0 saturated carbocycles. The summed E-state index contributed by atoms with van der Waals surface area (Å²) in [6.45, 7) is 0. The summed E-state index contributed by atoms with van der Waals surface area (Å²) in [5.74, 6) is 1.00. The lowest BCUT2D eigenvalue weighted by molar-refractivity contribution is -0.116. The Hall–Kier alpha value is -2.55. The zero-order valence-electron chi connectivity index (χ0n) is 9.88. The van der Waals surface area contributed by atoms with Gasteiger partial charge in [-0.2, -0.15) is 10.4 Å². The van der Waals surface area contributed by atoms with Gasteiger partial charge in [0.25, 0.3) is 0 Å². The summed E-state index contributed by atoms with van der Waals surface area (Å²) in [4.78, 5) is 11.7. The van der Waals surface area contributed by atoms with Gasteiger partial charge in [0, 0.05) is 19.9 Å². The van der Waals surface area contributed by atoms with Crippen LogP contribution in [0.3, 0.4) is 0 Å². The van der Waals surface area contributed by atoms with Crippen LogP contribution >= 0.6 is 0 Å². The second-order valence-corrected chi connectivity index (χ2v) is 3.77. The van der Waals surface area contributed by atoms with Crippen molar-refractivity contribution in [2.24, 2.45) is 7.05 Å². The Balaban J connectivity index is 1.95. The van der Waals surface area contributed by atoms with Gasteiger partial charge in [0.1, 0.15) is 23.2 Å². The Bertz CT molecular complexity index is 578. The van der Waals surface area contributed by atoms with E-state index in [-0.39, 0.29) is 5.91 Å². The van der Waals surface area contributed by atoms with E-state index >= 15 is 0 Å². The first-order valence-corrected chi connectivity index (χ1v) is 5.45. The van der Waals surface area contributed by atoms with E-state index in [1.54, 1.807) is 19.4 Å². The summed E-state index contributed by atoms with van der Waals surface area (Å²) < 4.78 is 6.60. The number of nitrogens with one attached hydrogen (secondary N) is 1. The Labute approximate surface area is 104 Å². The molecule has 6 heteroatoms. The number of aromatic nitrogens is 2. The lowest BCUT2D eigenvalue weighted by atomic mass is 10.2. The number of anilines is 1. The van der Waals surface area contributed by atoms with Crippen molar-refractivity contribution in [1.29, 1.82) is 5.26 Å². The van der Waals surface area contributed by atoms with E-state index in [0.29, 0.717) is 24.2 Å². The maximum atomic E-state index is 11.7. The molecule has 0 aromatic carbocycles. The highest BCUT2D eigenvalue weighted by atomic mass is 16.3. The lowest BCUT2D eigenvalue weighted by Crippen LogP contribution is -2.15. The molecule has 2 heterocycles. The average molecular weight is 244 g/mol. The molecule has 2 aromatic heterocycles. The molecule has 0 spiro atoms. The molecule has 2 aromatic rings. The van der Waals surface area contributed by atoms with E-state index in [2.05, 4.69) is 10.4 Å². The van der Waals surface area contributed by atoms with Gasteiger partial charge in [-0.1, -0.05) is 0 Å². The molecule has 2 rings (SSSR count). The minimum Gasteiger partial charge on any atom is -0.469 e. The molecule has 1 amide bonds. The van der Waals surface area contributed by atoms with Gasteiger partial charge in [0.15, 0.2) is 0 Å². The fourth-order valence-electron chi connectivity index (χ4n) is 1.55. The van der Waals surface area contributed by atoms with E-state index in [0.717, 1.165) is 5.76 Å². The van der Waals surface area contributed by atoms with Gasteiger partial charge in [0.05, 0.1) is 12.5 Å². The standard InChI is InChI=1S/C12H12N4O2/c1-16-12(9(7-13)8-14-16)15-11(17)5-4-10-3-2-6-18-10/h2-3,6,8H,4-5H2,1H3,(H,15,17). The summed E-state index contributed by atoms with van der Waals surface area (Å²) in [6.07, 6.45) is 3.81. The van der Waals surface area contributed by atoms with Crippen LogP contribution in [0, 0.1) is 11.3 Å².